The van der Waals surface area contributed by atoms with E-state index in [0.29, 0.717) is 5.69 Å². The van der Waals surface area contributed by atoms with E-state index in [9.17, 15) is 17.6 Å². The second-order valence-corrected chi connectivity index (χ2v) is 8.43. The van der Waals surface area contributed by atoms with Crippen LogP contribution in [0.5, 0.6) is 0 Å². The van der Waals surface area contributed by atoms with E-state index in [2.05, 4.69) is 5.32 Å². The maximum absolute atomic E-state index is 14.1. The monoisotopic (exact) mass is 342 g/mol. The first-order chi connectivity index (χ1) is 10.8. The molecule has 1 aromatic carbocycles. The van der Waals surface area contributed by atoms with Gasteiger partial charge in [0.05, 0.1) is 11.4 Å². The summed E-state index contributed by atoms with van der Waals surface area (Å²) < 4.78 is 37.9. The van der Waals surface area contributed by atoms with Gasteiger partial charge >= 0.3 is 0 Å². The lowest BCUT2D eigenvalue weighted by Crippen LogP contribution is -2.28. The maximum atomic E-state index is 14.1. The number of hydrogen-bond donors (Lipinski definition) is 1. The average Bonchev–Trinajstić information content (AvgIpc) is 2.92. The van der Waals surface area contributed by atoms with Crippen molar-refractivity contribution < 1.29 is 17.6 Å². The van der Waals surface area contributed by atoms with Crippen molar-refractivity contribution >= 4 is 27.1 Å². The minimum absolute atomic E-state index is 0.0542. The van der Waals surface area contributed by atoms with E-state index in [1.54, 1.807) is 26.0 Å². The smallest absolute Gasteiger partial charge is 0.239 e. The van der Waals surface area contributed by atoms with Crippen LogP contribution in [0.25, 0.3) is 0 Å². The molecule has 0 aliphatic carbocycles. The van der Waals surface area contributed by atoms with Gasteiger partial charge in [0.2, 0.25) is 5.91 Å². The number of sulfone groups is 1. The number of rotatable bonds is 6. The average molecular weight is 342 g/mol. The molecule has 1 fully saturated rings. The number of hydrogen-bond acceptors (Lipinski definition) is 4. The Labute approximate surface area is 136 Å². The van der Waals surface area contributed by atoms with Gasteiger partial charge in [-0.25, -0.2) is 12.8 Å². The molecule has 1 aliphatic rings. The number of nitrogens with zero attached hydrogens (tertiary/aromatic N) is 1. The molecule has 1 aromatic rings. The van der Waals surface area contributed by atoms with Crippen molar-refractivity contribution in [2.75, 3.05) is 34.8 Å². The molecule has 7 heteroatoms. The Morgan fingerprint density at radius 2 is 1.96 bits per heavy atom. The van der Waals surface area contributed by atoms with Gasteiger partial charge in [-0.05, 0) is 30.9 Å². The van der Waals surface area contributed by atoms with E-state index in [-0.39, 0.29) is 17.4 Å². The first-order valence-electron chi connectivity index (χ1n) is 7.82. The molecule has 0 radical (unpaired) electrons. The van der Waals surface area contributed by atoms with E-state index in [1.165, 1.54) is 6.07 Å². The topological polar surface area (TPSA) is 66.5 Å². The van der Waals surface area contributed by atoms with Gasteiger partial charge in [-0.3, -0.25) is 4.79 Å². The molecule has 0 spiro atoms. The molecule has 2 rings (SSSR count). The molecule has 23 heavy (non-hydrogen) atoms. The SMILES string of the molecule is CC(C)CS(=O)(=O)CC(=O)Nc1c(F)cccc1N1CCCC1. The molecule has 1 N–H and O–H groups in total. The minimum atomic E-state index is -3.49. The number of anilines is 2. The lowest BCUT2D eigenvalue weighted by Gasteiger charge is -2.22. The van der Waals surface area contributed by atoms with Crippen molar-refractivity contribution in [1.29, 1.82) is 0 Å². The van der Waals surface area contributed by atoms with E-state index in [1.807, 2.05) is 4.90 Å². The van der Waals surface area contributed by atoms with Crippen LogP contribution in [0.2, 0.25) is 0 Å². The summed E-state index contributed by atoms with van der Waals surface area (Å²) in [6, 6.07) is 4.60. The summed E-state index contributed by atoms with van der Waals surface area (Å²) >= 11 is 0. The molecule has 0 aromatic heterocycles. The highest BCUT2D eigenvalue weighted by Gasteiger charge is 2.22. The van der Waals surface area contributed by atoms with E-state index in [4.69, 9.17) is 0 Å². The molecule has 1 amide bonds. The lowest BCUT2D eigenvalue weighted by atomic mass is 10.2. The number of amides is 1. The van der Waals surface area contributed by atoms with Gasteiger partial charge in [-0.1, -0.05) is 19.9 Å². The molecular weight excluding hydrogens is 319 g/mol. The third-order valence-corrected chi connectivity index (χ3v) is 5.52. The third kappa shape index (κ3) is 4.92. The Balaban J connectivity index is 2.14. The van der Waals surface area contributed by atoms with Crippen LogP contribution >= 0.6 is 0 Å². The number of benzene rings is 1. The van der Waals surface area contributed by atoms with E-state index >= 15 is 0 Å². The fourth-order valence-electron chi connectivity index (χ4n) is 2.80. The third-order valence-electron chi connectivity index (χ3n) is 3.64. The standard InChI is InChI=1S/C16H23FN2O3S/c1-12(2)10-23(21,22)11-15(20)18-16-13(17)6-5-7-14(16)19-8-3-4-9-19/h5-7,12H,3-4,8-11H2,1-2H3,(H,18,20). The number of carbonyl (C=O) groups is 1. The lowest BCUT2D eigenvalue weighted by molar-refractivity contribution is -0.113. The fourth-order valence-corrected chi connectivity index (χ4v) is 4.41. The van der Waals surface area contributed by atoms with Crippen LogP contribution in [0.15, 0.2) is 18.2 Å². The zero-order valence-electron chi connectivity index (χ0n) is 13.5. The molecular formula is C16H23FN2O3S. The summed E-state index contributed by atoms with van der Waals surface area (Å²) in [4.78, 5) is 14.1. The van der Waals surface area contributed by atoms with Crippen molar-refractivity contribution in [3.05, 3.63) is 24.0 Å². The highest BCUT2D eigenvalue weighted by Crippen LogP contribution is 2.31. The first-order valence-corrected chi connectivity index (χ1v) is 9.64. The van der Waals surface area contributed by atoms with Crippen LogP contribution in [-0.2, 0) is 14.6 Å². The molecule has 1 saturated heterocycles. The van der Waals surface area contributed by atoms with Crippen molar-refractivity contribution in [2.24, 2.45) is 5.92 Å². The van der Waals surface area contributed by atoms with Gasteiger partial charge in [0.25, 0.3) is 0 Å². The summed E-state index contributed by atoms with van der Waals surface area (Å²) in [5, 5.41) is 2.45. The number of para-hydroxylation sites is 1. The van der Waals surface area contributed by atoms with Crippen LogP contribution in [0.4, 0.5) is 15.8 Å². The predicted molar refractivity (Wildman–Crippen MR) is 90.0 cm³/mol. The van der Waals surface area contributed by atoms with E-state index < -0.39 is 27.3 Å². The van der Waals surface area contributed by atoms with Crippen molar-refractivity contribution in [3.63, 3.8) is 0 Å². The molecule has 5 nitrogen and oxygen atoms in total. The van der Waals surface area contributed by atoms with Gasteiger partial charge in [-0.15, -0.1) is 0 Å². The zero-order chi connectivity index (χ0) is 17.0. The predicted octanol–water partition coefficient (Wildman–Crippen LogP) is 2.44. The van der Waals surface area contributed by atoms with Gasteiger partial charge in [0.1, 0.15) is 17.3 Å². The van der Waals surface area contributed by atoms with Crippen molar-refractivity contribution in [2.45, 2.75) is 26.7 Å². The number of halogens is 1. The normalized spacial score (nSPS) is 15.2. The van der Waals surface area contributed by atoms with Crippen LogP contribution in [-0.4, -0.2) is 38.9 Å². The van der Waals surface area contributed by atoms with Crippen molar-refractivity contribution in [1.82, 2.24) is 0 Å². The quantitative estimate of drug-likeness (QED) is 0.862. The Morgan fingerprint density at radius 1 is 1.30 bits per heavy atom. The summed E-state index contributed by atoms with van der Waals surface area (Å²) in [6.07, 6.45) is 2.04. The number of nitrogens with one attached hydrogen (secondary N) is 1. The largest absolute Gasteiger partial charge is 0.370 e. The first kappa shape index (κ1) is 17.7. The van der Waals surface area contributed by atoms with Gasteiger partial charge in [0, 0.05) is 13.1 Å². The molecule has 0 atom stereocenters. The minimum Gasteiger partial charge on any atom is -0.370 e. The Bertz CT molecular complexity index is 668. The van der Waals surface area contributed by atoms with Crippen LogP contribution < -0.4 is 10.2 Å². The van der Waals surface area contributed by atoms with Gasteiger partial charge < -0.3 is 10.2 Å². The Kier molecular flexibility index (Phi) is 5.62. The molecule has 0 unspecified atom stereocenters. The zero-order valence-corrected chi connectivity index (χ0v) is 14.3. The second kappa shape index (κ2) is 7.29. The molecule has 128 valence electrons. The highest BCUT2D eigenvalue weighted by molar-refractivity contribution is 7.92. The Morgan fingerprint density at radius 3 is 2.57 bits per heavy atom. The van der Waals surface area contributed by atoms with Gasteiger partial charge in [-0.2, -0.15) is 0 Å². The summed E-state index contributed by atoms with van der Waals surface area (Å²) in [5.41, 5.74) is 0.677. The van der Waals surface area contributed by atoms with Crippen LogP contribution in [0, 0.1) is 11.7 Å². The molecule has 1 heterocycles. The summed E-state index contributed by atoms with van der Waals surface area (Å²) in [6.45, 7) is 5.16. The molecule has 1 aliphatic heterocycles. The highest BCUT2D eigenvalue weighted by atomic mass is 32.2. The summed E-state index contributed by atoms with van der Waals surface area (Å²) in [7, 11) is -3.49. The van der Waals surface area contributed by atoms with Crippen LogP contribution in [0.1, 0.15) is 26.7 Å². The maximum Gasteiger partial charge on any atom is 0.239 e. The molecule has 0 saturated carbocycles. The van der Waals surface area contributed by atoms with Gasteiger partial charge in [0.15, 0.2) is 9.84 Å². The second-order valence-electron chi connectivity index (χ2n) is 6.32. The molecule has 0 bridgehead atoms. The number of carbonyl (C=O) groups excluding carboxylic acids is 1. The summed E-state index contributed by atoms with van der Waals surface area (Å²) in [5.74, 6) is -1.99. The van der Waals surface area contributed by atoms with Crippen molar-refractivity contribution in [3.8, 4) is 0 Å². The van der Waals surface area contributed by atoms with E-state index in [0.717, 1.165) is 25.9 Å². The van der Waals surface area contributed by atoms with Crippen LogP contribution in [0.3, 0.4) is 0 Å². The fraction of sp³-hybridized carbons (Fsp3) is 0.562. The Hall–Kier alpha value is -1.63.